The van der Waals surface area contributed by atoms with E-state index in [0.717, 1.165) is 48.7 Å². The quantitative estimate of drug-likeness (QED) is 0.614. The van der Waals surface area contributed by atoms with Gasteiger partial charge >= 0.3 is 0 Å². The van der Waals surface area contributed by atoms with Crippen LogP contribution in [0.25, 0.3) is 17.0 Å². The molecule has 0 aliphatic heterocycles. The molecular formula is C21H29N3. The van der Waals surface area contributed by atoms with E-state index in [9.17, 15) is 0 Å². The van der Waals surface area contributed by atoms with Gasteiger partial charge in [0.15, 0.2) is 0 Å². The van der Waals surface area contributed by atoms with Crippen molar-refractivity contribution in [3.05, 3.63) is 60.8 Å². The first kappa shape index (κ1) is 17.9. The molecule has 0 spiro atoms. The Morgan fingerprint density at radius 1 is 1.25 bits per heavy atom. The molecule has 2 rings (SSSR count). The third kappa shape index (κ3) is 4.10. The zero-order valence-corrected chi connectivity index (χ0v) is 15.2. The van der Waals surface area contributed by atoms with Gasteiger partial charge in [-0.1, -0.05) is 31.7 Å². The van der Waals surface area contributed by atoms with Crippen LogP contribution in [-0.4, -0.2) is 30.0 Å². The van der Waals surface area contributed by atoms with Gasteiger partial charge in [-0.05, 0) is 43.5 Å². The summed E-state index contributed by atoms with van der Waals surface area (Å²) in [4.78, 5) is 5.86. The predicted octanol–water partition coefficient (Wildman–Crippen LogP) is 5.29. The van der Waals surface area contributed by atoms with Crippen molar-refractivity contribution in [3.63, 3.8) is 0 Å². The number of anilines is 1. The van der Waals surface area contributed by atoms with Gasteiger partial charge in [-0.25, -0.2) is 0 Å². The normalized spacial score (nSPS) is 10.5. The molecule has 3 heteroatoms. The number of hydrogen-bond donors (Lipinski definition) is 2. The lowest BCUT2D eigenvalue weighted by molar-refractivity contribution is 0.404. The molecule has 2 aromatic rings. The molecule has 0 radical (unpaired) electrons. The Balaban J connectivity index is 2.25. The second-order valence-electron chi connectivity index (χ2n) is 6.06. The van der Waals surface area contributed by atoms with Crippen molar-refractivity contribution in [2.24, 2.45) is 0 Å². The van der Waals surface area contributed by atoms with Gasteiger partial charge in [0.1, 0.15) is 0 Å². The van der Waals surface area contributed by atoms with Crippen LogP contribution < -0.4 is 5.32 Å². The van der Waals surface area contributed by atoms with E-state index in [0.29, 0.717) is 0 Å². The molecule has 1 aromatic carbocycles. The van der Waals surface area contributed by atoms with E-state index >= 15 is 0 Å². The monoisotopic (exact) mass is 323 g/mol. The number of nitrogens with zero attached hydrogens (tertiary/aromatic N) is 1. The van der Waals surface area contributed by atoms with Gasteiger partial charge in [-0.15, -0.1) is 6.58 Å². The number of nitrogens with one attached hydrogen (secondary N) is 2. The van der Waals surface area contributed by atoms with Crippen molar-refractivity contribution < 1.29 is 0 Å². The van der Waals surface area contributed by atoms with E-state index in [-0.39, 0.29) is 0 Å². The lowest BCUT2D eigenvalue weighted by Crippen LogP contribution is -2.23. The van der Waals surface area contributed by atoms with Gasteiger partial charge in [0.25, 0.3) is 0 Å². The molecule has 2 N–H and O–H groups in total. The molecule has 0 saturated heterocycles. The summed E-state index contributed by atoms with van der Waals surface area (Å²) in [6.07, 6.45) is 4.05. The van der Waals surface area contributed by atoms with Crippen LogP contribution in [0, 0.1) is 6.92 Å². The summed E-state index contributed by atoms with van der Waals surface area (Å²) >= 11 is 0. The van der Waals surface area contributed by atoms with Crippen molar-refractivity contribution in [1.29, 1.82) is 0 Å². The summed E-state index contributed by atoms with van der Waals surface area (Å²) in [5.41, 5.74) is 6.87. The minimum atomic E-state index is 0.965. The number of aryl methyl sites for hydroxylation is 1. The van der Waals surface area contributed by atoms with Crippen LogP contribution in [0.5, 0.6) is 0 Å². The van der Waals surface area contributed by atoms with Gasteiger partial charge in [0.2, 0.25) is 0 Å². The maximum Gasteiger partial charge on any atom is 0.0462 e. The molecule has 0 atom stereocenters. The SMILES string of the molecule is C=CCCN(CCC)C(=C)c1cc(-c2ccc(NC)cc2)[nH]c1C. The Kier molecular flexibility index (Phi) is 6.30. The van der Waals surface area contributed by atoms with Crippen molar-refractivity contribution in [3.8, 4) is 11.3 Å². The molecule has 0 bridgehead atoms. The van der Waals surface area contributed by atoms with E-state index in [1.54, 1.807) is 0 Å². The Hall–Kier alpha value is -2.42. The van der Waals surface area contributed by atoms with Gasteiger partial charge in [0.05, 0.1) is 0 Å². The van der Waals surface area contributed by atoms with Crippen molar-refractivity contribution >= 4 is 11.4 Å². The highest BCUT2D eigenvalue weighted by atomic mass is 15.1. The molecule has 1 aromatic heterocycles. The molecule has 0 unspecified atom stereocenters. The Labute approximate surface area is 146 Å². The number of hydrogen-bond acceptors (Lipinski definition) is 2. The maximum absolute atomic E-state index is 4.35. The number of rotatable bonds is 9. The third-order valence-electron chi connectivity index (χ3n) is 4.29. The van der Waals surface area contributed by atoms with Crippen molar-refractivity contribution in [2.75, 3.05) is 25.5 Å². The topological polar surface area (TPSA) is 31.1 Å². The molecule has 128 valence electrons. The average Bonchev–Trinajstić information content (AvgIpc) is 3.00. The van der Waals surface area contributed by atoms with Crippen LogP contribution in [0.3, 0.4) is 0 Å². The summed E-state index contributed by atoms with van der Waals surface area (Å²) in [6, 6.07) is 10.7. The lowest BCUT2D eigenvalue weighted by Gasteiger charge is -2.26. The summed E-state index contributed by atoms with van der Waals surface area (Å²) < 4.78 is 0. The number of H-pyrrole nitrogens is 1. The molecule has 3 nitrogen and oxygen atoms in total. The van der Waals surface area contributed by atoms with Crippen molar-refractivity contribution in [1.82, 2.24) is 9.88 Å². The first-order valence-electron chi connectivity index (χ1n) is 8.63. The minimum Gasteiger partial charge on any atom is -0.388 e. The van der Waals surface area contributed by atoms with Crippen LogP contribution in [0.15, 0.2) is 49.6 Å². The van der Waals surface area contributed by atoms with Crippen LogP contribution >= 0.6 is 0 Å². The van der Waals surface area contributed by atoms with Gasteiger partial charge in [0, 0.05) is 48.5 Å². The van der Waals surface area contributed by atoms with Crippen LogP contribution in [0.2, 0.25) is 0 Å². The van der Waals surface area contributed by atoms with E-state index in [1.165, 1.54) is 11.1 Å². The first-order chi connectivity index (χ1) is 11.6. The first-order valence-corrected chi connectivity index (χ1v) is 8.63. The molecule has 0 saturated carbocycles. The summed E-state index contributed by atoms with van der Waals surface area (Å²) in [6.45, 7) is 14.5. The van der Waals surface area contributed by atoms with E-state index < -0.39 is 0 Å². The average molecular weight is 323 g/mol. The van der Waals surface area contributed by atoms with Crippen molar-refractivity contribution in [2.45, 2.75) is 26.7 Å². The molecule has 0 amide bonds. The smallest absolute Gasteiger partial charge is 0.0462 e. The zero-order valence-electron chi connectivity index (χ0n) is 15.2. The molecular weight excluding hydrogens is 294 g/mol. The Morgan fingerprint density at radius 2 is 1.96 bits per heavy atom. The molecule has 1 heterocycles. The van der Waals surface area contributed by atoms with Crippen LogP contribution in [-0.2, 0) is 0 Å². The third-order valence-corrected chi connectivity index (χ3v) is 4.29. The van der Waals surface area contributed by atoms with E-state index in [4.69, 9.17) is 0 Å². The van der Waals surface area contributed by atoms with Gasteiger partial charge < -0.3 is 15.2 Å². The second kappa shape index (κ2) is 8.44. The highest BCUT2D eigenvalue weighted by molar-refractivity contribution is 5.72. The summed E-state index contributed by atoms with van der Waals surface area (Å²) in [7, 11) is 1.93. The maximum atomic E-state index is 4.35. The fourth-order valence-electron chi connectivity index (χ4n) is 2.90. The highest BCUT2D eigenvalue weighted by Gasteiger charge is 2.14. The molecule has 0 aliphatic carbocycles. The Morgan fingerprint density at radius 3 is 2.54 bits per heavy atom. The summed E-state index contributed by atoms with van der Waals surface area (Å²) in [5, 5.41) is 3.15. The lowest BCUT2D eigenvalue weighted by atomic mass is 10.1. The molecule has 0 fully saturated rings. The highest BCUT2D eigenvalue weighted by Crippen LogP contribution is 2.28. The minimum absolute atomic E-state index is 0.965. The predicted molar refractivity (Wildman–Crippen MR) is 106 cm³/mol. The van der Waals surface area contributed by atoms with E-state index in [2.05, 4.69) is 72.5 Å². The fourth-order valence-corrected chi connectivity index (χ4v) is 2.90. The number of aromatic nitrogens is 1. The summed E-state index contributed by atoms with van der Waals surface area (Å²) in [5.74, 6) is 0. The molecule has 0 aliphatic rings. The van der Waals surface area contributed by atoms with Gasteiger partial charge in [-0.3, -0.25) is 0 Å². The standard InChI is InChI=1S/C21H29N3/c1-6-8-14-24(13-7-2)17(4)20-15-21(23-16(20)3)18-9-11-19(22-5)12-10-18/h6,9-12,15,22-23H,1,4,7-8,13-14H2,2-3,5H3. The number of aromatic amines is 1. The fraction of sp³-hybridized carbons (Fsp3) is 0.333. The Bertz CT molecular complexity index is 680. The zero-order chi connectivity index (χ0) is 17.5. The molecule has 24 heavy (non-hydrogen) atoms. The largest absolute Gasteiger partial charge is 0.388 e. The van der Waals surface area contributed by atoms with Crippen LogP contribution in [0.1, 0.15) is 31.0 Å². The van der Waals surface area contributed by atoms with Crippen LogP contribution in [0.4, 0.5) is 5.69 Å². The van der Waals surface area contributed by atoms with Gasteiger partial charge in [-0.2, -0.15) is 0 Å². The second-order valence-corrected chi connectivity index (χ2v) is 6.06. The van der Waals surface area contributed by atoms with E-state index in [1.807, 2.05) is 13.1 Å². The number of benzene rings is 1.